The normalized spacial score (nSPS) is 21.2. The summed E-state index contributed by atoms with van der Waals surface area (Å²) < 4.78 is 1.95. The summed E-state index contributed by atoms with van der Waals surface area (Å²) in [5.41, 5.74) is 0.894. The van der Waals surface area contributed by atoms with Gasteiger partial charge in [-0.3, -0.25) is 9.59 Å². The van der Waals surface area contributed by atoms with Crippen molar-refractivity contribution in [3.63, 3.8) is 0 Å². The predicted molar refractivity (Wildman–Crippen MR) is 75.5 cm³/mol. The second-order valence-corrected chi connectivity index (χ2v) is 5.90. The third-order valence-electron chi connectivity index (χ3n) is 4.67. The molecule has 1 fully saturated rings. The highest BCUT2D eigenvalue weighted by molar-refractivity contribution is 6.26. The van der Waals surface area contributed by atoms with E-state index in [0.717, 1.165) is 37.8 Å². The van der Waals surface area contributed by atoms with Crippen LogP contribution in [0.25, 0.3) is 5.76 Å². The maximum Gasteiger partial charge on any atom is 0.196 e. The summed E-state index contributed by atoms with van der Waals surface area (Å²) in [7, 11) is 0. The van der Waals surface area contributed by atoms with Gasteiger partial charge in [0.1, 0.15) is 11.1 Å². The van der Waals surface area contributed by atoms with Crippen molar-refractivity contribution < 1.29 is 14.7 Å². The van der Waals surface area contributed by atoms with Crippen LogP contribution in [0, 0.1) is 6.92 Å². The Morgan fingerprint density at radius 2 is 1.90 bits per heavy atom. The molecule has 0 saturated heterocycles. The van der Waals surface area contributed by atoms with Crippen LogP contribution in [-0.4, -0.2) is 21.2 Å². The molecule has 20 heavy (non-hydrogen) atoms. The number of Topliss-reactive ketones (excluding diaryl/α,β-unsaturated/α-hetero) is 2. The molecule has 4 heteroatoms. The van der Waals surface area contributed by atoms with Crippen LogP contribution in [0.5, 0.6) is 0 Å². The third-order valence-corrected chi connectivity index (χ3v) is 4.67. The topological polar surface area (TPSA) is 59.3 Å². The van der Waals surface area contributed by atoms with E-state index in [9.17, 15) is 14.7 Å². The van der Waals surface area contributed by atoms with Crippen LogP contribution in [0.2, 0.25) is 0 Å². The Balaban J connectivity index is 2.30. The first-order valence-corrected chi connectivity index (χ1v) is 7.17. The molecule has 1 N–H and O–H groups in total. The van der Waals surface area contributed by atoms with E-state index in [1.54, 1.807) is 6.07 Å². The van der Waals surface area contributed by atoms with Crippen LogP contribution in [0.4, 0.5) is 0 Å². The first-order chi connectivity index (χ1) is 9.49. The zero-order valence-electron chi connectivity index (χ0n) is 11.9. The number of fused-ring (bicyclic) bond motifs is 2. The number of carbonyl (C=O) groups excluding carboxylic acids is 2. The Hall–Kier alpha value is -1.84. The molecule has 0 radical (unpaired) electrons. The van der Waals surface area contributed by atoms with Crippen LogP contribution in [0.3, 0.4) is 0 Å². The number of nitrogens with zero attached hydrogens (tertiary/aromatic N) is 1. The van der Waals surface area contributed by atoms with Crippen molar-refractivity contribution in [1.29, 1.82) is 0 Å². The largest absolute Gasteiger partial charge is 0.505 e. The molecule has 1 aromatic rings. The van der Waals surface area contributed by atoms with E-state index < -0.39 is 5.54 Å². The van der Waals surface area contributed by atoms with Crippen molar-refractivity contribution in [2.24, 2.45) is 0 Å². The summed E-state index contributed by atoms with van der Waals surface area (Å²) in [4.78, 5) is 24.7. The molecule has 106 valence electrons. The molecule has 0 aromatic carbocycles. The SMILES string of the molecule is CC(=O)C1=C(O)c2ccc(C)n2C2(CCCCC2)C1=O. The lowest BCUT2D eigenvalue weighted by Crippen LogP contribution is -2.49. The second-order valence-electron chi connectivity index (χ2n) is 5.90. The van der Waals surface area contributed by atoms with Crippen molar-refractivity contribution in [2.75, 3.05) is 0 Å². The molecule has 2 aliphatic rings. The number of aromatic nitrogens is 1. The number of aliphatic hydroxyl groups excluding tert-OH is 1. The van der Waals surface area contributed by atoms with E-state index in [-0.39, 0.29) is 22.9 Å². The smallest absolute Gasteiger partial charge is 0.196 e. The Morgan fingerprint density at radius 3 is 2.50 bits per heavy atom. The molecule has 0 unspecified atom stereocenters. The lowest BCUT2D eigenvalue weighted by molar-refractivity contribution is -0.128. The highest BCUT2D eigenvalue weighted by Crippen LogP contribution is 2.44. The molecule has 0 amide bonds. The molecule has 2 heterocycles. The van der Waals surface area contributed by atoms with Gasteiger partial charge >= 0.3 is 0 Å². The summed E-state index contributed by atoms with van der Waals surface area (Å²) in [5, 5.41) is 10.3. The van der Waals surface area contributed by atoms with Gasteiger partial charge in [-0.2, -0.15) is 0 Å². The predicted octanol–water partition coefficient (Wildman–Crippen LogP) is 2.90. The number of hydrogen-bond donors (Lipinski definition) is 1. The van der Waals surface area contributed by atoms with Gasteiger partial charge in [0.25, 0.3) is 0 Å². The number of hydrogen-bond acceptors (Lipinski definition) is 3. The highest BCUT2D eigenvalue weighted by atomic mass is 16.3. The molecule has 1 aliphatic heterocycles. The standard InChI is InChI=1S/C16H19NO3/c1-10-6-7-12-14(19)13(11(2)18)15(20)16(17(10)12)8-4-3-5-9-16/h6-7,19H,3-5,8-9H2,1-2H3. The molecule has 3 rings (SSSR count). The first kappa shape index (κ1) is 13.2. The van der Waals surface area contributed by atoms with Crippen molar-refractivity contribution in [3.8, 4) is 0 Å². The summed E-state index contributed by atoms with van der Waals surface area (Å²) in [6.07, 6.45) is 4.58. The maximum atomic E-state index is 12.9. The van der Waals surface area contributed by atoms with E-state index in [0.29, 0.717) is 5.69 Å². The Labute approximate surface area is 118 Å². The number of carbonyl (C=O) groups is 2. The minimum absolute atomic E-state index is 0.0162. The minimum atomic E-state index is -0.658. The molecular weight excluding hydrogens is 254 g/mol. The van der Waals surface area contributed by atoms with Crippen LogP contribution in [0.15, 0.2) is 17.7 Å². The van der Waals surface area contributed by atoms with E-state index in [1.165, 1.54) is 6.92 Å². The van der Waals surface area contributed by atoms with E-state index in [1.807, 2.05) is 17.6 Å². The fraction of sp³-hybridized carbons (Fsp3) is 0.500. The van der Waals surface area contributed by atoms with Crippen LogP contribution >= 0.6 is 0 Å². The molecule has 1 aromatic heterocycles. The van der Waals surface area contributed by atoms with Crippen molar-refractivity contribution in [2.45, 2.75) is 51.5 Å². The van der Waals surface area contributed by atoms with Gasteiger partial charge in [-0.25, -0.2) is 0 Å². The van der Waals surface area contributed by atoms with E-state index in [4.69, 9.17) is 0 Å². The molecule has 1 aliphatic carbocycles. The van der Waals surface area contributed by atoms with E-state index >= 15 is 0 Å². The minimum Gasteiger partial charge on any atom is -0.505 e. The number of aryl methyl sites for hydroxylation is 1. The van der Waals surface area contributed by atoms with Gasteiger partial charge in [0.2, 0.25) is 0 Å². The van der Waals surface area contributed by atoms with Crippen molar-refractivity contribution in [1.82, 2.24) is 4.57 Å². The fourth-order valence-electron chi connectivity index (χ4n) is 3.78. The zero-order valence-corrected chi connectivity index (χ0v) is 11.9. The lowest BCUT2D eigenvalue weighted by atomic mass is 9.73. The van der Waals surface area contributed by atoms with Gasteiger partial charge in [-0.1, -0.05) is 19.3 Å². The van der Waals surface area contributed by atoms with Gasteiger partial charge in [-0.05, 0) is 38.8 Å². The summed E-state index contributed by atoms with van der Waals surface area (Å²) in [5.74, 6) is -0.705. The van der Waals surface area contributed by atoms with Gasteiger partial charge in [0, 0.05) is 5.69 Å². The molecule has 4 nitrogen and oxygen atoms in total. The summed E-state index contributed by atoms with van der Waals surface area (Å²) in [6, 6.07) is 3.70. The van der Waals surface area contributed by atoms with Crippen molar-refractivity contribution >= 4 is 17.3 Å². The summed E-state index contributed by atoms with van der Waals surface area (Å²) >= 11 is 0. The van der Waals surface area contributed by atoms with Gasteiger partial charge in [-0.15, -0.1) is 0 Å². The number of rotatable bonds is 1. The van der Waals surface area contributed by atoms with Crippen molar-refractivity contribution in [3.05, 3.63) is 29.1 Å². The average molecular weight is 273 g/mol. The Morgan fingerprint density at radius 1 is 1.25 bits per heavy atom. The highest BCUT2D eigenvalue weighted by Gasteiger charge is 2.49. The third kappa shape index (κ3) is 1.54. The van der Waals surface area contributed by atoms with Gasteiger partial charge in [0.15, 0.2) is 17.3 Å². The molecular formula is C16H19NO3. The van der Waals surface area contributed by atoms with E-state index in [2.05, 4.69) is 0 Å². The molecule has 0 bridgehead atoms. The van der Waals surface area contributed by atoms with Gasteiger partial charge in [0.05, 0.1) is 5.69 Å². The lowest BCUT2D eigenvalue weighted by Gasteiger charge is -2.42. The van der Waals surface area contributed by atoms with Crippen LogP contribution < -0.4 is 0 Å². The Kier molecular flexibility index (Phi) is 2.85. The summed E-state index contributed by atoms with van der Waals surface area (Å²) in [6.45, 7) is 3.30. The fourth-order valence-corrected chi connectivity index (χ4v) is 3.78. The molecule has 0 atom stereocenters. The maximum absolute atomic E-state index is 12.9. The number of aliphatic hydroxyl groups is 1. The number of ketones is 2. The monoisotopic (exact) mass is 273 g/mol. The quantitative estimate of drug-likeness (QED) is 0.800. The van der Waals surface area contributed by atoms with Crippen LogP contribution in [0.1, 0.15) is 50.4 Å². The van der Waals surface area contributed by atoms with Gasteiger partial charge < -0.3 is 9.67 Å². The average Bonchev–Trinajstić information content (AvgIpc) is 2.80. The zero-order chi connectivity index (χ0) is 14.5. The second kappa shape index (κ2) is 4.33. The first-order valence-electron chi connectivity index (χ1n) is 7.17. The van der Waals surface area contributed by atoms with Crippen LogP contribution in [-0.2, 0) is 15.1 Å². The molecule has 1 saturated carbocycles. The number of allylic oxidation sites excluding steroid dienone is 1. The molecule has 1 spiro atoms. The Bertz CT molecular complexity index is 630.